The van der Waals surface area contributed by atoms with Gasteiger partial charge in [-0.1, -0.05) is 74.0 Å². The van der Waals surface area contributed by atoms with E-state index in [1.54, 1.807) is 6.07 Å². The Morgan fingerprint density at radius 3 is 2.46 bits per heavy atom. The van der Waals surface area contributed by atoms with E-state index in [1.165, 1.54) is 0 Å². The van der Waals surface area contributed by atoms with Gasteiger partial charge in [-0.25, -0.2) is 0 Å². The van der Waals surface area contributed by atoms with Crippen LogP contribution in [-0.2, 0) is 0 Å². The van der Waals surface area contributed by atoms with Crippen molar-refractivity contribution < 1.29 is 9.32 Å². The summed E-state index contributed by atoms with van der Waals surface area (Å²) < 4.78 is 5.49. The second-order valence-electron chi connectivity index (χ2n) is 7.46. The molecule has 1 amide bonds. The van der Waals surface area contributed by atoms with Gasteiger partial charge in [-0.2, -0.15) is 4.98 Å². The highest BCUT2D eigenvalue weighted by molar-refractivity contribution is 5.94. The number of hydrogen-bond acceptors (Lipinski definition) is 4. The van der Waals surface area contributed by atoms with E-state index in [9.17, 15) is 4.79 Å². The fourth-order valence-electron chi connectivity index (χ4n) is 2.71. The van der Waals surface area contributed by atoms with Gasteiger partial charge >= 0.3 is 0 Å². The van der Waals surface area contributed by atoms with Crippen molar-refractivity contribution in [2.45, 2.75) is 33.7 Å². The molecule has 5 nitrogen and oxygen atoms in total. The molecule has 1 aromatic heterocycles. The maximum atomic E-state index is 12.7. The van der Waals surface area contributed by atoms with Gasteiger partial charge < -0.3 is 9.84 Å². The molecule has 5 heteroatoms. The first-order valence-corrected chi connectivity index (χ1v) is 8.61. The van der Waals surface area contributed by atoms with Gasteiger partial charge in [0.05, 0.1) is 0 Å². The maximum absolute atomic E-state index is 12.7. The summed E-state index contributed by atoms with van der Waals surface area (Å²) in [5.74, 6) is 0.755. The number of nitrogens with zero attached hydrogens (tertiary/aromatic N) is 2. The third kappa shape index (κ3) is 3.99. The van der Waals surface area contributed by atoms with Crippen LogP contribution in [-0.4, -0.2) is 16.0 Å². The summed E-state index contributed by atoms with van der Waals surface area (Å²) in [6.07, 6.45) is 0. The lowest BCUT2D eigenvalue weighted by molar-refractivity contribution is 0.0880. The van der Waals surface area contributed by atoms with Gasteiger partial charge in [0.15, 0.2) is 0 Å². The first kappa shape index (κ1) is 17.9. The third-order valence-corrected chi connectivity index (χ3v) is 4.14. The van der Waals surface area contributed by atoms with Crippen LogP contribution in [0.25, 0.3) is 11.4 Å². The summed E-state index contributed by atoms with van der Waals surface area (Å²) in [6, 6.07) is 16.7. The SMILES string of the molecule is Cc1cccc(C(=O)NC(c2nc(-c3ccccc3)no2)C(C)(C)C)c1. The summed E-state index contributed by atoms with van der Waals surface area (Å²) in [4.78, 5) is 17.2. The number of aromatic nitrogens is 2. The molecule has 1 heterocycles. The van der Waals surface area contributed by atoms with Crippen LogP contribution in [0.3, 0.4) is 0 Å². The number of carbonyl (C=O) groups excluding carboxylic acids is 1. The van der Waals surface area contributed by atoms with Crippen molar-refractivity contribution >= 4 is 5.91 Å². The smallest absolute Gasteiger partial charge is 0.251 e. The van der Waals surface area contributed by atoms with Gasteiger partial charge in [0, 0.05) is 11.1 Å². The molecule has 1 atom stereocenters. The fourth-order valence-corrected chi connectivity index (χ4v) is 2.71. The highest BCUT2D eigenvalue weighted by Crippen LogP contribution is 2.33. The lowest BCUT2D eigenvalue weighted by atomic mass is 9.86. The quantitative estimate of drug-likeness (QED) is 0.749. The van der Waals surface area contributed by atoms with E-state index in [2.05, 4.69) is 15.5 Å². The maximum Gasteiger partial charge on any atom is 0.251 e. The number of benzene rings is 2. The number of hydrogen-bond donors (Lipinski definition) is 1. The Morgan fingerprint density at radius 1 is 1.08 bits per heavy atom. The molecule has 1 N–H and O–H groups in total. The molecule has 0 aliphatic rings. The van der Waals surface area contributed by atoms with Crippen molar-refractivity contribution in [1.82, 2.24) is 15.5 Å². The van der Waals surface area contributed by atoms with Gasteiger partial charge in [-0.15, -0.1) is 0 Å². The lowest BCUT2D eigenvalue weighted by Crippen LogP contribution is -2.36. The fraction of sp³-hybridized carbons (Fsp3) is 0.286. The van der Waals surface area contributed by atoms with Crippen molar-refractivity contribution in [1.29, 1.82) is 0 Å². The molecule has 0 spiro atoms. The Kier molecular flexibility index (Phi) is 4.89. The minimum atomic E-state index is -0.402. The average Bonchev–Trinajstić information content (AvgIpc) is 3.09. The average molecular weight is 349 g/mol. The molecule has 0 saturated carbocycles. The first-order chi connectivity index (χ1) is 12.3. The van der Waals surface area contributed by atoms with Crippen LogP contribution in [0.5, 0.6) is 0 Å². The Balaban J connectivity index is 1.88. The Labute approximate surface area is 153 Å². The molecular formula is C21H23N3O2. The second-order valence-corrected chi connectivity index (χ2v) is 7.46. The van der Waals surface area contributed by atoms with Crippen LogP contribution in [0.4, 0.5) is 0 Å². The van der Waals surface area contributed by atoms with Gasteiger partial charge in [0.25, 0.3) is 5.91 Å². The number of amides is 1. The van der Waals surface area contributed by atoms with Crippen molar-refractivity contribution in [3.05, 3.63) is 71.6 Å². The zero-order chi connectivity index (χ0) is 18.7. The standard InChI is InChI=1S/C21H23N3O2/c1-14-9-8-12-16(13-14)19(25)22-17(21(2,3)4)20-23-18(24-26-20)15-10-6-5-7-11-15/h5-13,17H,1-4H3,(H,22,25). The lowest BCUT2D eigenvalue weighted by Gasteiger charge is -2.28. The normalized spacial score (nSPS) is 12.6. The van der Waals surface area contributed by atoms with Gasteiger partial charge in [0.2, 0.25) is 11.7 Å². The predicted molar refractivity (Wildman–Crippen MR) is 101 cm³/mol. The van der Waals surface area contributed by atoms with Gasteiger partial charge in [-0.3, -0.25) is 4.79 Å². The summed E-state index contributed by atoms with van der Waals surface area (Å²) >= 11 is 0. The van der Waals surface area contributed by atoms with Gasteiger partial charge in [0.1, 0.15) is 6.04 Å². The van der Waals surface area contributed by atoms with Crippen LogP contribution in [0.15, 0.2) is 59.1 Å². The van der Waals surface area contributed by atoms with Crippen LogP contribution < -0.4 is 5.32 Å². The zero-order valence-electron chi connectivity index (χ0n) is 15.5. The molecule has 3 aromatic rings. The number of carbonyl (C=O) groups is 1. The van der Waals surface area contributed by atoms with Crippen LogP contribution in [0, 0.1) is 12.3 Å². The van der Waals surface area contributed by atoms with E-state index in [4.69, 9.17) is 4.52 Å². The van der Waals surface area contributed by atoms with Crippen molar-refractivity contribution in [2.75, 3.05) is 0 Å². The molecule has 26 heavy (non-hydrogen) atoms. The molecule has 3 rings (SSSR count). The third-order valence-electron chi connectivity index (χ3n) is 4.14. The largest absolute Gasteiger partial charge is 0.340 e. The minimum absolute atomic E-state index is 0.159. The Morgan fingerprint density at radius 2 is 1.81 bits per heavy atom. The second kappa shape index (κ2) is 7.12. The van der Waals surface area contributed by atoms with Crippen molar-refractivity contribution in [3.8, 4) is 11.4 Å². The molecular weight excluding hydrogens is 326 g/mol. The van der Waals surface area contributed by atoms with E-state index >= 15 is 0 Å². The molecule has 2 aromatic carbocycles. The molecule has 0 fully saturated rings. The monoisotopic (exact) mass is 349 g/mol. The molecule has 0 aliphatic carbocycles. The number of nitrogens with one attached hydrogen (secondary N) is 1. The molecule has 0 saturated heterocycles. The summed E-state index contributed by atoms with van der Waals surface area (Å²) in [7, 11) is 0. The highest BCUT2D eigenvalue weighted by Gasteiger charge is 2.33. The first-order valence-electron chi connectivity index (χ1n) is 8.61. The summed E-state index contributed by atoms with van der Waals surface area (Å²) in [5.41, 5.74) is 2.23. The topological polar surface area (TPSA) is 68.0 Å². The van der Waals surface area contributed by atoms with Crippen molar-refractivity contribution in [3.63, 3.8) is 0 Å². The van der Waals surface area contributed by atoms with E-state index in [0.29, 0.717) is 17.3 Å². The Bertz CT molecular complexity index is 895. The molecule has 0 radical (unpaired) electrons. The Hall–Kier alpha value is -2.95. The minimum Gasteiger partial charge on any atom is -0.340 e. The van der Waals surface area contributed by atoms with Crippen LogP contribution in [0.1, 0.15) is 48.6 Å². The number of rotatable bonds is 4. The van der Waals surface area contributed by atoms with Crippen molar-refractivity contribution in [2.24, 2.45) is 5.41 Å². The van der Waals surface area contributed by atoms with E-state index in [0.717, 1.165) is 11.1 Å². The summed E-state index contributed by atoms with van der Waals surface area (Å²) in [6.45, 7) is 8.05. The molecule has 134 valence electrons. The van der Waals surface area contributed by atoms with E-state index in [-0.39, 0.29) is 11.3 Å². The van der Waals surface area contributed by atoms with Gasteiger partial charge in [-0.05, 0) is 24.5 Å². The summed E-state index contributed by atoms with van der Waals surface area (Å²) in [5, 5.41) is 7.12. The molecule has 1 unspecified atom stereocenters. The predicted octanol–water partition coefficient (Wildman–Crippen LogP) is 4.56. The molecule has 0 bridgehead atoms. The van der Waals surface area contributed by atoms with Crippen LogP contribution >= 0.6 is 0 Å². The van der Waals surface area contributed by atoms with Crippen LogP contribution in [0.2, 0.25) is 0 Å². The van der Waals surface area contributed by atoms with E-state index < -0.39 is 6.04 Å². The highest BCUT2D eigenvalue weighted by atomic mass is 16.5. The number of aryl methyl sites for hydroxylation is 1. The zero-order valence-corrected chi connectivity index (χ0v) is 15.5. The van der Waals surface area contributed by atoms with E-state index in [1.807, 2.05) is 76.2 Å². The molecule has 0 aliphatic heterocycles.